The van der Waals surface area contributed by atoms with Gasteiger partial charge in [0.15, 0.2) is 0 Å². The fraction of sp³-hybridized carbons (Fsp3) is 0.250. The zero-order valence-corrected chi connectivity index (χ0v) is 10.2. The molecule has 3 nitrogen and oxygen atoms in total. The first-order valence-corrected chi connectivity index (χ1v) is 5.68. The average molecular weight is 254 g/mol. The van der Waals surface area contributed by atoms with Crippen LogP contribution in [0.1, 0.15) is 5.69 Å². The average Bonchev–Trinajstić information content (AvgIpc) is 2.58. The molecule has 0 saturated heterocycles. The van der Waals surface area contributed by atoms with E-state index in [1.165, 1.54) is 12.1 Å². The fourth-order valence-electron chi connectivity index (χ4n) is 1.72. The molecule has 17 heavy (non-hydrogen) atoms. The molecule has 0 radical (unpaired) electrons. The minimum absolute atomic E-state index is 0.290. The Morgan fingerprint density at radius 2 is 2.24 bits per heavy atom. The van der Waals surface area contributed by atoms with Gasteiger partial charge in [-0.1, -0.05) is 23.7 Å². The lowest BCUT2D eigenvalue weighted by atomic mass is 10.2. The molecule has 0 saturated carbocycles. The van der Waals surface area contributed by atoms with E-state index in [1.807, 2.05) is 0 Å². The van der Waals surface area contributed by atoms with Crippen LogP contribution in [-0.2, 0) is 13.5 Å². The molecule has 5 heteroatoms. The summed E-state index contributed by atoms with van der Waals surface area (Å²) in [4.78, 5) is 4.39. The van der Waals surface area contributed by atoms with E-state index in [9.17, 15) is 4.39 Å². The lowest BCUT2D eigenvalue weighted by Crippen LogP contribution is -2.03. The molecule has 1 heterocycles. The number of halogens is 2. The van der Waals surface area contributed by atoms with Crippen LogP contribution in [0.2, 0.25) is 5.15 Å². The van der Waals surface area contributed by atoms with Crippen LogP contribution in [0, 0.1) is 5.82 Å². The summed E-state index contributed by atoms with van der Waals surface area (Å²) in [5.41, 5.74) is 6.94. The first kappa shape index (κ1) is 12.1. The van der Waals surface area contributed by atoms with E-state index < -0.39 is 0 Å². The number of hydrogen-bond donors (Lipinski definition) is 1. The number of nitrogens with two attached hydrogens (primary N) is 1. The first-order valence-electron chi connectivity index (χ1n) is 5.30. The Morgan fingerprint density at radius 1 is 1.47 bits per heavy atom. The van der Waals surface area contributed by atoms with Gasteiger partial charge >= 0.3 is 0 Å². The predicted molar refractivity (Wildman–Crippen MR) is 66.4 cm³/mol. The van der Waals surface area contributed by atoms with E-state index in [2.05, 4.69) is 4.98 Å². The standard InChI is InChI=1S/C12H13ClFN3/c1-17-11(13)10(5-6-15)16-12(17)8-3-2-4-9(14)7-8/h2-4,7H,5-6,15H2,1H3. The maximum atomic E-state index is 13.1. The Balaban J connectivity index is 2.49. The number of imidazole rings is 1. The smallest absolute Gasteiger partial charge is 0.141 e. The highest BCUT2D eigenvalue weighted by Crippen LogP contribution is 2.25. The zero-order chi connectivity index (χ0) is 12.4. The number of rotatable bonds is 3. The topological polar surface area (TPSA) is 43.8 Å². The second-order valence-electron chi connectivity index (χ2n) is 3.78. The Labute approximate surface area is 104 Å². The lowest BCUT2D eigenvalue weighted by molar-refractivity contribution is 0.628. The predicted octanol–water partition coefficient (Wildman–Crippen LogP) is 2.38. The van der Waals surface area contributed by atoms with E-state index in [0.717, 1.165) is 5.69 Å². The number of nitrogens with zero attached hydrogens (tertiary/aromatic N) is 2. The summed E-state index contributed by atoms with van der Waals surface area (Å²) in [7, 11) is 1.80. The van der Waals surface area contributed by atoms with Gasteiger partial charge in [-0.05, 0) is 18.7 Å². The molecule has 1 aromatic carbocycles. The molecule has 0 aliphatic rings. The van der Waals surface area contributed by atoms with Crippen molar-refractivity contribution in [3.8, 4) is 11.4 Å². The van der Waals surface area contributed by atoms with E-state index in [-0.39, 0.29) is 5.82 Å². The molecule has 2 rings (SSSR count). The van der Waals surface area contributed by atoms with E-state index in [4.69, 9.17) is 17.3 Å². The van der Waals surface area contributed by atoms with Gasteiger partial charge in [-0.2, -0.15) is 0 Å². The van der Waals surface area contributed by atoms with Gasteiger partial charge < -0.3 is 10.3 Å². The molecule has 0 spiro atoms. The Morgan fingerprint density at radius 3 is 2.88 bits per heavy atom. The van der Waals surface area contributed by atoms with Gasteiger partial charge in [0.1, 0.15) is 16.8 Å². The number of aromatic nitrogens is 2. The van der Waals surface area contributed by atoms with E-state index in [1.54, 1.807) is 23.7 Å². The molecule has 2 aromatic rings. The van der Waals surface area contributed by atoms with Crippen LogP contribution >= 0.6 is 11.6 Å². The van der Waals surface area contributed by atoms with Crippen molar-refractivity contribution in [2.75, 3.05) is 6.54 Å². The summed E-state index contributed by atoms with van der Waals surface area (Å²) in [6, 6.07) is 6.28. The normalized spacial score (nSPS) is 10.8. The largest absolute Gasteiger partial charge is 0.330 e. The van der Waals surface area contributed by atoms with Crippen molar-refractivity contribution in [3.63, 3.8) is 0 Å². The molecule has 0 bridgehead atoms. The molecule has 1 aromatic heterocycles. The molecule has 2 N–H and O–H groups in total. The van der Waals surface area contributed by atoms with Gasteiger partial charge in [0.05, 0.1) is 5.69 Å². The first-order chi connectivity index (χ1) is 8.13. The summed E-state index contributed by atoms with van der Waals surface area (Å²) in [5.74, 6) is 0.361. The molecule has 0 aliphatic heterocycles. The zero-order valence-electron chi connectivity index (χ0n) is 9.45. The fourth-order valence-corrected chi connectivity index (χ4v) is 1.93. The summed E-state index contributed by atoms with van der Waals surface area (Å²) >= 11 is 6.13. The minimum atomic E-state index is -0.290. The van der Waals surface area contributed by atoms with Crippen LogP contribution in [0.25, 0.3) is 11.4 Å². The molecular formula is C12H13ClFN3. The third-order valence-corrected chi connectivity index (χ3v) is 3.03. The van der Waals surface area contributed by atoms with Crippen molar-refractivity contribution >= 4 is 11.6 Å². The van der Waals surface area contributed by atoms with Crippen molar-refractivity contribution in [1.82, 2.24) is 9.55 Å². The third kappa shape index (κ3) is 2.33. The van der Waals surface area contributed by atoms with E-state index in [0.29, 0.717) is 29.5 Å². The molecule has 0 fully saturated rings. The van der Waals surface area contributed by atoms with Gasteiger partial charge in [0.25, 0.3) is 0 Å². The van der Waals surface area contributed by atoms with Crippen molar-refractivity contribution in [2.24, 2.45) is 12.8 Å². The van der Waals surface area contributed by atoms with Crippen LogP contribution in [0.3, 0.4) is 0 Å². The number of hydrogen-bond acceptors (Lipinski definition) is 2. The van der Waals surface area contributed by atoms with Crippen LogP contribution < -0.4 is 5.73 Å². The molecule has 0 unspecified atom stereocenters. The SMILES string of the molecule is Cn1c(-c2cccc(F)c2)nc(CCN)c1Cl. The summed E-state index contributed by atoms with van der Waals surface area (Å²) in [6.45, 7) is 0.485. The van der Waals surface area contributed by atoms with Gasteiger partial charge in [0, 0.05) is 19.0 Å². The Kier molecular flexibility index (Phi) is 3.45. The Bertz CT molecular complexity index is 537. The van der Waals surface area contributed by atoms with Crippen LogP contribution in [0.4, 0.5) is 4.39 Å². The van der Waals surface area contributed by atoms with Crippen LogP contribution in [0.15, 0.2) is 24.3 Å². The van der Waals surface area contributed by atoms with Crippen molar-refractivity contribution < 1.29 is 4.39 Å². The third-order valence-electron chi connectivity index (χ3n) is 2.56. The highest BCUT2D eigenvalue weighted by atomic mass is 35.5. The van der Waals surface area contributed by atoms with Crippen LogP contribution in [-0.4, -0.2) is 16.1 Å². The lowest BCUT2D eigenvalue weighted by Gasteiger charge is -2.01. The monoisotopic (exact) mass is 253 g/mol. The quantitative estimate of drug-likeness (QED) is 0.913. The maximum Gasteiger partial charge on any atom is 0.141 e. The van der Waals surface area contributed by atoms with Gasteiger partial charge in [0.2, 0.25) is 0 Å². The summed E-state index contributed by atoms with van der Waals surface area (Å²) in [6.07, 6.45) is 0.613. The molecular weight excluding hydrogens is 241 g/mol. The molecule has 0 aliphatic carbocycles. The second-order valence-corrected chi connectivity index (χ2v) is 4.14. The minimum Gasteiger partial charge on any atom is -0.330 e. The van der Waals surface area contributed by atoms with Gasteiger partial charge in [-0.3, -0.25) is 0 Å². The van der Waals surface area contributed by atoms with Gasteiger partial charge in [-0.25, -0.2) is 9.37 Å². The van der Waals surface area contributed by atoms with Crippen molar-refractivity contribution in [1.29, 1.82) is 0 Å². The summed E-state index contributed by atoms with van der Waals surface area (Å²) in [5, 5.41) is 0.551. The van der Waals surface area contributed by atoms with Gasteiger partial charge in [-0.15, -0.1) is 0 Å². The molecule has 0 amide bonds. The molecule has 90 valence electrons. The Hall–Kier alpha value is -1.39. The summed E-state index contributed by atoms with van der Waals surface area (Å²) < 4.78 is 14.9. The van der Waals surface area contributed by atoms with Crippen molar-refractivity contribution in [3.05, 3.63) is 40.9 Å². The highest BCUT2D eigenvalue weighted by molar-refractivity contribution is 6.30. The van der Waals surface area contributed by atoms with Crippen molar-refractivity contribution in [2.45, 2.75) is 6.42 Å². The maximum absolute atomic E-state index is 13.1. The highest BCUT2D eigenvalue weighted by Gasteiger charge is 2.13. The van der Waals surface area contributed by atoms with Crippen LogP contribution in [0.5, 0.6) is 0 Å². The second kappa shape index (κ2) is 4.85. The number of benzene rings is 1. The van der Waals surface area contributed by atoms with E-state index >= 15 is 0 Å². The molecule has 0 atom stereocenters.